The smallest absolute Gasteiger partial charge is 0.266 e. The van der Waals surface area contributed by atoms with Crippen molar-refractivity contribution in [3.8, 4) is 11.3 Å². The maximum atomic E-state index is 12.3. The third kappa shape index (κ3) is 4.15. The minimum atomic E-state index is -0.0858. The lowest BCUT2D eigenvalue weighted by Crippen LogP contribution is -2.48. The standard InChI is InChI=1S/C23H23N7O/c31-22-8-7-21(19-5-3-9-24-16-19)27-30(22)15-12-28-10-13-29(14-11-28)23-20-6-2-1-4-18(20)17-25-26-23/h1-9,16-17H,10-15H2. The van der Waals surface area contributed by atoms with E-state index >= 15 is 0 Å². The zero-order valence-corrected chi connectivity index (χ0v) is 17.1. The largest absolute Gasteiger partial charge is 0.352 e. The SMILES string of the molecule is O=c1ccc(-c2cccnc2)nn1CCN1CCN(c2nncc3ccccc23)CC1. The molecule has 0 atom stereocenters. The van der Waals surface area contributed by atoms with Crippen LogP contribution in [0.15, 0.2) is 71.9 Å². The molecule has 1 fully saturated rings. The Balaban J connectivity index is 1.23. The molecule has 8 heteroatoms. The van der Waals surface area contributed by atoms with Crippen LogP contribution in [-0.4, -0.2) is 62.6 Å². The Morgan fingerprint density at radius 3 is 2.58 bits per heavy atom. The molecule has 0 saturated carbocycles. The highest BCUT2D eigenvalue weighted by molar-refractivity contribution is 5.91. The van der Waals surface area contributed by atoms with Gasteiger partial charge in [-0.3, -0.25) is 14.7 Å². The molecule has 0 N–H and O–H groups in total. The van der Waals surface area contributed by atoms with E-state index in [0.717, 1.165) is 60.6 Å². The lowest BCUT2D eigenvalue weighted by atomic mass is 10.1. The highest BCUT2D eigenvalue weighted by atomic mass is 16.1. The van der Waals surface area contributed by atoms with Crippen LogP contribution in [0.3, 0.4) is 0 Å². The van der Waals surface area contributed by atoms with Crippen LogP contribution in [0.25, 0.3) is 22.0 Å². The van der Waals surface area contributed by atoms with Crippen LogP contribution in [0.4, 0.5) is 5.82 Å². The summed E-state index contributed by atoms with van der Waals surface area (Å²) >= 11 is 0. The van der Waals surface area contributed by atoms with Gasteiger partial charge in [0, 0.05) is 67.5 Å². The topological polar surface area (TPSA) is 80.0 Å². The van der Waals surface area contributed by atoms with Crippen molar-refractivity contribution >= 4 is 16.6 Å². The lowest BCUT2D eigenvalue weighted by Gasteiger charge is -2.35. The summed E-state index contributed by atoms with van der Waals surface area (Å²) in [6.07, 6.45) is 5.29. The Hall–Kier alpha value is -3.65. The molecule has 0 bridgehead atoms. The van der Waals surface area contributed by atoms with Crippen molar-refractivity contribution in [3.05, 3.63) is 77.5 Å². The summed E-state index contributed by atoms with van der Waals surface area (Å²) in [4.78, 5) is 21.1. The predicted octanol–water partition coefficient (Wildman–Crippen LogP) is 2.07. The molecular formula is C23H23N7O. The molecular weight excluding hydrogens is 390 g/mol. The van der Waals surface area contributed by atoms with Gasteiger partial charge in [-0.2, -0.15) is 10.2 Å². The Bertz CT molecular complexity index is 1230. The molecule has 0 spiro atoms. The number of fused-ring (bicyclic) bond motifs is 1. The molecule has 0 radical (unpaired) electrons. The molecule has 8 nitrogen and oxygen atoms in total. The molecule has 1 aliphatic rings. The van der Waals surface area contributed by atoms with Crippen molar-refractivity contribution in [2.45, 2.75) is 6.54 Å². The first kappa shape index (κ1) is 19.3. The van der Waals surface area contributed by atoms with E-state index in [2.05, 4.69) is 42.2 Å². The zero-order valence-electron chi connectivity index (χ0n) is 17.1. The van der Waals surface area contributed by atoms with Crippen LogP contribution in [0.5, 0.6) is 0 Å². The summed E-state index contributed by atoms with van der Waals surface area (Å²) < 4.78 is 1.55. The van der Waals surface area contributed by atoms with Crippen LogP contribution in [-0.2, 0) is 6.54 Å². The van der Waals surface area contributed by atoms with E-state index in [1.807, 2.05) is 24.3 Å². The minimum absolute atomic E-state index is 0.0858. The summed E-state index contributed by atoms with van der Waals surface area (Å²) in [5.74, 6) is 0.944. The highest BCUT2D eigenvalue weighted by Gasteiger charge is 2.20. The van der Waals surface area contributed by atoms with Gasteiger partial charge in [-0.25, -0.2) is 4.68 Å². The fourth-order valence-electron chi connectivity index (χ4n) is 3.94. The van der Waals surface area contributed by atoms with Gasteiger partial charge in [0.15, 0.2) is 5.82 Å². The van der Waals surface area contributed by atoms with E-state index in [9.17, 15) is 4.79 Å². The molecule has 0 unspecified atom stereocenters. The van der Waals surface area contributed by atoms with E-state index in [1.165, 1.54) is 0 Å². The van der Waals surface area contributed by atoms with Crippen LogP contribution in [0, 0.1) is 0 Å². The number of hydrogen-bond donors (Lipinski definition) is 0. The number of nitrogens with zero attached hydrogens (tertiary/aromatic N) is 7. The molecule has 0 amide bonds. The predicted molar refractivity (Wildman–Crippen MR) is 120 cm³/mol. The minimum Gasteiger partial charge on any atom is -0.352 e. The summed E-state index contributed by atoms with van der Waals surface area (Å²) in [6, 6.07) is 15.4. The van der Waals surface area contributed by atoms with E-state index in [4.69, 9.17) is 0 Å². The lowest BCUT2D eigenvalue weighted by molar-refractivity contribution is 0.242. The fourth-order valence-corrected chi connectivity index (χ4v) is 3.94. The molecule has 3 aromatic heterocycles. The van der Waals surface area contributed by atoms with Crippen molar-refractivity contribution in [3.63, 3.8) is 0 Å². The van der Waals surface area contributed by atoms with Gasteiger partial charge in [-0.05, 0) is 18.2 Å². The zero-order chi connectivity index (χ0) is 21.0. The van der Waals surface area contributed by atoms with Crippen molar-refractivity contribution in [2.24, 2.45) is 0 Å². The number of piperazine rings is 1. The first-order valence-electron chi connectivity index (χ1n) is 10.4. The third-order valence-electron chi connectivity index (χ3n) is 5.67. The summed E-state index contributed by atoms with van der Waals surface area (Å²) in [7, 11) is 0. The van der Waals surface area contributed by atoms with Crippen LogP contribution in [0.1, 0.15) is 0 Å². The monoisotopic (exact) mass is 413 g/mol. The summed E-state index contributed by atoms with van der Waals surface area (Å²) in [5, 5.41) is 15.3. The normalized spacial score (nSPS) is 14.8. The van der Waals surface area contributed by atoms with E-state index in [0.29, 0.717) is 6.54 Å². The average Bonchev–Trinajstić information content (AvgIpc) is 2.84. The van der Waals surface area contributed by atoms with Crippen molar-refractivity contribution < 1.29 is 0 Å². The number of pyridine rings is 1. The number of anilines is 1. The second-order valence-electron chi connectivity index (χ2n) is 7.61. The maximum Gasteiger partial charge on any atom is 0.266 e. The van der Waals surface area contributed by atoms with Gasteiger partial charge in [0.1, 0.15) is 0 Å². The molecule has 5 rings (SSSR count). The molecule has 1 saturated heterocycles. The summed E-state index contributed by atoms with van der Waals surface area (Å²) in [6.45, 7) is 4.89. The molecule has 1 aliphatic heterocycles. The molecule has 31 heavy (non-hydrogen) atoms. The van der Waals surface area contributed by atoms with Gasteiger partial charge in [0.25, 0.3) is 5.56 Å². The first-order chi connectivity index (χ1) is 15.3. The van der Waals surface area contributed by atoms with Crippen LogP contribution in [0.2, 0.25) is 0 Å². The number of aromatic nitrogens is 5. The first-order valence-corrected chi connectivity index (χ1v) is 10.4. The highest BCUT2D eigenvalue weighted by Crippen LogP contribution is 2.24. The second-order valence-corrected chi connectivity index (χ2v) is 7.61. The third-order valence-corrected chi connectivity index (χ3v) is 5.67. The number of benzene rings is 1. The molecule has 0 aliphatic carbocycles. The molecule has 4 heterocycles. The van der Waals surface area contributed by atoms with Gasteiger partial charge in [-0.15, -0.1) is 5.10 Å². The molecule has 156 valence electrons. The number of rotatable bonds is 5. The van der Waals surface area contributed by atoms with Crippen molar-refractivity contribution in [2.75, 3.05) is 37.6 Å². The Morgan fingerprint density at radius 2 is 1.74 bits per heavy atom. The van der Waals surface area contributed by atoms with E-state index < -0.39 is 0 Å². The van der Waals surface area contributed by atoms with Crippen molar-refractivity contribution in [1.82, 2.24) is 29.9 Å². The average molecular weight is 413 g/mol. The maximum absolute atomic E-state index is 12.3. The van der Waals surface area contributed by atoms with E-state index in [-0.39, 0.29) is 5.56 Å². The molecule has 1 aromatic carbocycles. The van der Waals surface area contributed by atoms with Crippen molar-refractivity contribution in [1.29, 1.82) is 0 Å². The van der Waals surface area contributed by atoms with Gasteiger partial charge >= 0.3 is 0 Å². The van der Waals surface area contributed by atoms with Gasteiger partial charge < -0.3 is 4.90 Å². The van der Waals surface area contributed by atoms with Gasteiger partial charge in [0.05, 0.1) is 18.4 Å². The van der Waals surface area contributed by atoms with Gasteiger partial charge in [-0.1, -0.05) is 24.3 Å². The van der Waals surface area contributed by atoms with Gasteiger partial charge in [0.2, 0.25) is 0 Å². The fraction of sp³-hybridized carbons (Fsp3) is 0.261. The molecule has 4 aromatic rings. The van der Waals surface area contributed by atoms with Crippen LogP contribution < -0.4 is 10.5 Å². The van der Waals surface area contributed by atoms with E-state index in [1.54, 1.807) is 35.4 Å². The summed E-state index contributed by atoms with van der Waals surface area (Å²) in [5.41, 5.74) is 1.57. The Labute approximate surface area is 179 Å². The Morgan fingerprint density at radius 1 is 0.871 bits per heavy atom. The second kappa shape index (κ2) is 8.61. The van der Waals surface area contributed by atoms with Crippen LogP contribution >= 0.6 is 0 Å². The Kier molecular flexibility index (Phi) is 5.37. The quantitative estimate of drug-likeness (QED) is 0.495. The number of hydrogen-bond acceptors (Lipinski definition) is 7.